The molecule has 168 valence electrons. The number of methoxy groups -OCH3 is 1. The summed E-state index contributed by atoms with van der Waals surface area (Å²) in [5.74, 6) is 0.507. The van der Waals surface area contributed by atoms with Gasteiger partial charge in [-0.2, -0.15) is 5.26 Å². The Kier molecular flexibility index (Phi) is 7.52. The van der Waals surface area contributed by atoms with Crippen LogP contribution in [0.4, 0.5) is 0 Å². The average Bonchev–Trinajstić information content (AvgIpc) is 3.15. The molecule has 0 aliphatic rings. The summed E-state index contributed by atoms with van der Waals surface area (Å²) >= 11 is 0. The van der Waals surface area contributed by atoms with E-state index in [-0.39, 0.29) is 12.5 Å². The highest BCUT2D eigenvalue weighted by Gasteiger charge is 2.21. The molecule has 3 aromatic rings. The first kappa shape index (κ1) is 23.3. The zero-order valence-electron chi connectivity index (χ0n) is 18.7. The second kappa shape index (κ2) is 10.3. The minimum Gasteiger partial charge on any atom is -0.491 e. The highest BCUT2D eigenvalue weighted by atomic mass is 16.5. The van der Waals surface area contributed by atoms with Crippen LogP contribution in [0.1, 0.15) is 35.5 Å². The lowest BCUT2D eigenvalue weighted by molar-refractivity contribution is 0.0903. The van der Waals surface area contributed by atoms with Gasteiger partial charge in [-0.15, -0.1) is 0 Å². The Labute approximate surface area is 188 Å². The number of aromatic nitrogens is 1. The molecular weight excluding hydrogens is 406 g/mol. The van der Waals surface area contributed by atoms with Crippen molar-refractivity contribution in [3.05, 3.63) is 65.4 Å². The number of aliphatic hydroxyl groups excluding tert-OH is 1. The molecule has 0 saturated heterocycles. The number of ether oxygens (including phenoxy) is 2. The zero-order valence-corrected chi connectivity index (χ0v) is 18.7. The lowest BCUT2D eigenvalue weighted by Gasteiger charge is -2.22. The fraction of sp³-hybridized carbons (Fsp3) is 0.360. The number of benzene rings is 2. The number of hydrogen-bond acceptors (Lipinski definition) is 5. The molecule has 1 aromatic heterocycles. The highest BCUT2D eigenvalue weighted by molar-refractivity contribution is 5.99. The van der Waals surface area contributed by atoms with E-state index in [9.17, 15) is 15.2 Å². The van der Waals surface area contributed by atoms with Gasteiger partial charge in [0, 0.05) is 43.1 Å². The van der Waals surface area contributed by atoms with Crippen LogP contribution in [0.15, 0.2) is 48.5 Å². The lowest BCUT2D eigenvalue weighted by Crippen LogP contribution is -2.36. The van der Waals surface area contributed by atoms with Gasteiger partial charge in [0.25, 0.3) is 5.91 Å². The topological polar surface area (TPSA) is 96.5 Å². The maximum Gasteiger partial charge on any atom is 0.267 e. The standard InChI is InChI=1S/C25H29N3O4/c1-25(2,17-29)16-27-24(30)23-13-20-11-18(14-26)7-8-22(20)28(23)15-19-5-4-6-21(12-19)32-10-9-31-3/h4-8,11-13,29H,9-10,15-17H2,1-3H3,(H,27,30). The van der Waals surface area contributed by atoms with E-state index in [1.165, 1.54) is 0 Å². The Morgan fingerprint density at radius 2 is 2.00 bits per heavy atom. The number of nitrogens with zero attached hydrogens (tertiary/aromatic N) is 2. The molecule has 2 aromatic carbocycles. The van der Waals surface area contributed by atoms with Gasteiger partial charge in [0.2, 0.25) is 0 Å². The molecule has 0 aliphatic heterocycles. The van der Waals surface area contributed by atoms with E-state index in [1.807, 2.05) is 48.7 Å². The predicted molar refractivity (Wildman–Crippen MR) is 123 cm³/mol. The summed E-state index contributed by atoms with van der Waals surface area (Å²) in [6, 6.07) is 17.1. The van der Waals surface area contributed by atoms with Crippen LogP contribution in [0.5, 0.6) is 5.75 Å². The number of carbonyl (C=O) groups is 1. The van der Waals surface area contributed by atoms with Gasteiger partial charge >= 0.3 is 0 Å². The third-order valence-corrected chi connectivity index (χ3v) is 5.21. The Balaban J connectivity index is 1.94. The second-order valence-electron chi connectivity index (χ2n) is 8.49. The van der Waals surface area contributed by atoms with Crippen LogP contribution in [0.3, 0.4) is 0 Å². The summed E-state index contributed by atoms with van der Waals surface area (Å²) in [6.07, 6.45) is 0. The van der Waals surface area contributed by atoms with E-state index in [2.05, 4.69) is 11.4 Å². The lowest BCUT2D eigenvalue weighted by atomic mass is 9.95. The molecule has 1 heterocycles. The Morgan fingerprint density at radius 3 is 2.72 bits per heavy atom. The molecule has 0 radical (unpaired) electrons. The summed E-state index contributed by atoms with van der Waals surface area (Å²) in [6.45, 7) is 5.50. The summed E-state index contributed by atoms with van der Waals surface area (Å²) in [7, 11) is 1.63. The molecule has 1 amide bonds. The fourth-order valence-corrected chi connectivity index (χ4v) is 3.32. The molecule has 0 saturated carbocycles. The molecular formula is C25H29N3O4. The molecule has 0 bridgehead atoms. The van der Waals surface area contributed by atoms with Crippen LogP contribution in [0.25, 0.3) is 10.9 Å². The number of fused-ring (bicyclic) bond motifs is 1. The summed E-state index contributed by atoms with van der Waals surface area (Å²) in [5, 5.41) is 22.5. The molecule has 0 spiro atoms. The van der Waals surface area contributed by atoms with Crippen LogP contribution in [-0.4, -0.2) is 49.1 Å². The molecule has 0 unspecified atom stereocenters. The van der Waals surface area contributed by atoms with Gasteiger partial charge in [-0.25, -0.2) is 0 Å². The van der Waals surface area contributed by atoms with E-state index in [4.69, 9.17) is 9.47 Å². The maximum absolute atomic E-state index is 13.1. The van der Waals surface area contributed by atoms with Crippen molar-refractivity contribution in [1.82, 2.24) is 9.88 Å². The average molecular weight is 436 g/mol. The normalized spacial score (nSPS) is 11.3. The number of nitrogens with one attached hydrogen (secondary N) is 1. The van der Waals surface area contributed by atoms with Gasteiger partial charge in [-0.3, -0.25) is 4.79 Å². The SMILES string of the molecule is COCCOc1cccc(Cn2c(C(=O)NCC(C)(C)CO)cc3cc(C#N)ccc32)c1. The van der Waals surface area contributed by atoms with Crippen molar-refractivity contribution in [3.8, 4) is 11.8 Å². The number of aliphatic hydroxyl groups is 1. The van der Waals surface area contributed by atoms with Crippen molar-refractivity contribution >= 4 is 16.8 Å². The van der Waals surface area contributed by atoms with Crippen molar-refractivity contribution in [2.24, 2.45) is 5.41 Å². The third kappa shape index (κ3) is 5.67. The first-order chi connectivity index (χ1) is 15.4. The van der Waals surface area contributed by atoms with Crippen molar-refractivity contribution in [2.75, 3.05) is 33.5 Å². The van der Waals surface area contributed by atoms with Gasteiger partial charge in [0.1, 0.15) is 18.1 Å². The van der Waals surface area contributed by atoms with E-state index in [0.29, 0.717) is 37.6 Å². The Morgan fingerprint density at radius 1 is 1.19 bits per heavy atom. The van der Waals surface area contributed by atoms with Gasteiger partial charge in [0.15, 0.2) is 0 Å². The van der Waals surface area contributed by atoms with Crippen molar-refractivity contribution in [2.45, 2.75) is 20.4 Å². The number of nitriles is 1. The molecule has 0 aliphatic carbocycles. The fourth-order valence-electron chi connectivity index (χ4n) is 3.32. The first-order valence-electron chi connectivity index (χ1n) is 10.5. The quantitative estimate of drug-likeness (QED) is 0.476. The summed E-state index contributed by atoms with van der Waals surface area (Å²) < 4.78 is 12.7. The maximum atomic E-state index is 13.1. The van der Waals surface area contributed by atoms with Crippen LogP contribution < -0.4 is 10.1 Å². The minimum atomic E-state index is -0.422. The van der Waals surface area contributed by atoms with Crippen LogP contribution in [0.2, 0.25) is 0 Å². The van der Waals surface area contributed by atoms with E-state index in [1.54, 1.807) is 25.3 Å². The molecule has 32 heavy (non-hydrogen) atoms. The molecule has 2 N–H and O–H groups in total. The van der Waals surface area contributed by atoms with Crippen molar-refractivity contribution < 1.29 is 19.4 Å². The van der Waals surface area contributed by atoms with E-state index < -0.39 is 5.41 Å². The van der Waals surface area contributed by atoms with E-state index in [0.717, 1.165) is 22.2 Å². The number of hydrogen-bond donors (Lipinski definition) is 2. The Hall–Kier alpha value is -3.34. The number of rotatable bonds is 10. The van der Waals surface area contributed by atoms with Gasteiger partial charge in [-0.1, -0.05) is 26.0 Å². The summed E-state index contributed by atoms with van der Waals surface area (Å²) in [4.78, 5) is 13.1. The highest BCUT2D eigenvalue weighted by Crippen LogP contribution is 2.24. The largest absolute Gasteiger partial charge is 0.491 e. The predicted octanol–water partition coefficient (Wildman–Crippen LogP) is 3.33. The van der Waals surface area contributed by atoms with Gasteiger partial charge in [0.05, 0.1) is 18.2 Å². The molecule has 0 atom stereocenters. The zero-order chi connectivity index (χ0) is 23.1. The van der Waals surface area contributed by atoms with Crippen LogP contribution >= 0.6 is 0 Å². The first-order valence-corrected chi connectivity index (χ1v) is 10.5. The van der Waals surface area contributed by atoms with Crippen molar-refractivity contribution in [3.63, 3.8) is 0 Å². The smallest absolute Gasteiger partial charge is 0.267 e. The number of carbonyl (C=O) groups excluding carboxylic acids is 1. The summed E-state index contributed by atoms with van der Waals surface area (Å²) in [5.41, 5.74) is 2.45. The van der Waals surface area contributed by atoms with Crippen LogP contribution in [-0.2, 0) is 11.3 Å². The van der Waals surface area contributed by atoms with Crippen LogP contribution in [0, 0.1) is 16.7 Å². The monoisotopic (exact) mass is 435 g/mol. The van der Waals surface area contributed by atoms with E-state index >= 15 is 0 Å². The molecule has 7 heteroatoms. The number of amides is 1. The second-order valence-corrected chi connectivity index (χ2v) is 8.49. The molecule has 0 fully saturated rings. The van der Waals surface area contributed by atoms with Gasteiger partial charge < -0.3 is 24.5 Å². The van der Waals surface area contributed by atoms with Crippen molar-refractivity contribution in [1.29, 1.82) is 5.26 Å². The molecule has 7 nitrogen and oxygen atoms in total. The Bertz CT molecular complexity index is 1130. The third-order valence-electron chi connectivity index (χ3n) is 5.21. The molecule has 3 rings (SSSR count). The minimum absolute atomic E-state index is 0.0301. The van der Waals surface area contributed by atoms with Gasteiger partial charge in [-0.05, 0) is 42.0 Å².